The molecule has 0 spiro atoms. The van der Waals surface area contributed by atoms with Crippen molar-refractivity contribution in [1.82, 2.24) is 0 Å². The van der Waals surface area contributed by atoms with Crippen molar-refractivity contribution < 1.29 is 44.2 Å². The van der Waals surface area contributed by atoms with Crippen LogP contribution in [0.5, 0.6) is 17.2 Å². The molecule has 3 aromatic rings. The number of phenolic OH excluding ortho intramolecular Hbond substituents is 1. The Balaban J connectivity index is 1.67. The van der Waals surface area contributed by atoms with Crippen LogP contribution < -0.4 is 14.9 Å². The van der Waals surface area contributed by atoms with Crippen LogP contribution in [-0.2, 0) is 4.74 Å². The van der Waals surface area contributed by atoms with E-state index in [0.29, 0.717) is 5.56 Å². The van der Waals surface area contributed by atoms with Crippen LogP contribution in [-0.4, -0.2) is 70.0 Å². The van der Waals surface area contributed by atoms with Crippen molar-refractivity contribution in [2.45, 2.75) is 30.7 Å². The molecule has 0 saturated carbocycles. The van der Waals surface area contributed by atoms with Crippen LogP contribution in [0, 0.1) is 0 Å². The quantitative estimate of drug-likeness (QED) is 0.370. The third kappa shape index (κ3) is 4.01. The monoisotopic (exact) mass is 446 g/mol. The summed E-state index contributed by atoms with van der Waals surface area (Å²) in [5.74, 6) is 0.538. The molecule has 32 heavy (non-hydrogen) atoms. The van der Waals surface area contributed by atoms with Crippen molar-refractivity contribution >= 4 is 11.0 Å². The maximum atomic E-state index is 12.6. The lowest BCUT2D eigenvalue weighted by molar-refractivity contribution is -0.277. The number of ether oxygens (including phenoxy) is 3. The van der Waals surface area contributed by atoms with Gasteiger partial charge in [-0.05, 0) is 30.3 Å². The second-order valence-electron chi connectivity index (χ2n) is 7.33. The zero-order valence-electron chi connectivity index (χ0n) is 16.9. The van der Waals surface area contributed by atoms with Crippen LogP contribution in [0.15, 0.2) is 51.7 Å². The maximum Gasteiger partial charge on any atom is 0.229 e. The topological polar surface area (TPSA) is 159 Å². The third-order valence-electron chi connectivity index (χ3n) is 5.27. The lowest BCUT2D eigenvalue weighted by Crippen LogP contribution is -2.60. The first kappa shape index (κ1) is 22.1. The van der Waals surface area contributed by atoms with E-state index < -0.39 is 37.3 Å². The van der Waals surface area contributed by atoms with Gasteiger partial charge in [-0.2, -0.15) is 0 Å². The Bertz CT molecular complexity index is 1170. The third-order valence-corrected chi connectivity index (χ3v) is 5.27. The molecule has 1 saturated heterocycles. The van der Waals surface area contributed by atoms with Gasteiger partial charge in [0.05, 0.1) is 19.1 Å². The van der Waals surface area contributed by atoms with Gasteiger partial charge in [0.2, 0.25) is 6.29 Å². The average Bonchev–Trinajstić information content (AvgIpc) is 2.79. The minimum atomic E-state index is -1.58. The number of rotatable bonds is 5. The van der Waals surface area contributed by atoms with Crippen molar-refractivity contribution in [3.63, 3.8) is 0 Å². The molecule has 2 heterocycles. The fourth-order valence-electron chi connectivity index (χ4n) is 3.48. The molecule has 5 atom stereocenters. The second kappa shape index (κ2) is 8.77. The van der Waals surface area contributed by atoms with Crippen LogP contribution in [0.1, 0.15) is 0 Å². The van der Waals surface area contributed by atoms with Gasteiger partial charge in [0.25, 0.3) is 0 Å². The number of phenols is 1. The first-order valence-corrected chi connectivity index (χ1v) is 9.75. The second-order valence-corrected chi connectivity index (χ2v) is 7.33. The highest BCUT2D eigenvalue weighted by atomic mass is 16.7. The molecule has 0 radical (unpaired) electrons. The minimum Gasteiger partial charge on any atom is -0.504 e. The van der Waals surface area contributed by atoms with Gasteiger partial charge >= 0.3 is 0 Å². The molecule has 10 nitrogen and oxygen atoms in total. The lowest BCUT2D eigenvalue weighted by atomic mass is 9.99. The fraction of sp³-hybridized carbons (Fsp3) is 0.318. The van der Waals surface area contributed by atoms with Crippen LogP contribution in [0.3, 0.4) is 0 Å². The molecule has 5 N–H and O–H groups in total. The molecule has 1 fully saturated rings. The van der Waals surface area contributed by atoms with Crippen molar-refractivity contribution in [2.24, 2.45) is 0 Å². The Kier molecular flexibility index (Phi) is 6.04. The molecule has 0 bridgehead atoms. The molecule has 5 unspecified atom stereocenters. The van der Waals surface area contributed by atoms with Gasteiger partial charge in [0.1, 0.15) is 41.5 Å². The van der Waals surface area contributed by atoms with Gasteiger partial charge in [-0.25, -0.2) is 0 Å². The highest BCUT2D eigenvalue weighted by molar-refractivity contribution is 5.80. The van der Waals surface area contributed by atoms with Crippen LogP contribution in [0.25, 0.3) is 22.3 Å². The predicted octanol–water partition coefficient (Wildman–Crippen LogP) is 0.353. The Morgan fingerprint density at radius 1 is 1.00 bits per heavy atom. The summed E-state index contributed by atoms with van der Waals surface area (Å²) in [4.78, 5) is 12.6. The number of aliphatic hydroxyl groups is 4. The molecule has 1 aliphatic rings. The van der Waals surface area contributed by atoms with E-state index in [-0.39, 0.29) is 39.4 Å². The number of hydrogen-bond donors (Lipinski definition) is 5. The van der Waals surface area contributed by atoms with Crippen molar-refractivity contribution in [2.75, 3.05) is 13.7 Å². The highest BCUT2D eigenvalue weighted by Gasteiger charge is 2.44. The van der Waals surface area contributed by atoms with Gasteiger partial charge in [0, 0.05) is 17.7 Å². The predicted molar refractivity (Wildman–Crippen MR) is 111 cm³/mol. The Morgan fingerprint density at radius 3 is 2.50 bits per heavy atom. The number of aliphatic hydroxyl groups excluding tert-OH is 4. The first-order chi connectivity index (χ1) is 15.3. The number of fused-ring (bicyclic) bond motifs is 1. The minimum absolute atomic E-state index is 0.0606. The fourth-order valence-corrected chi connectivity index (χ4v) is 3.48. The van der Waals surface area contributed by atoms with Crippen molar-refractivity contribution in [3.8, 4) is 28.6 Å². The number of benzene rings is 2. The van der Waals surface area contributed by atoms with Gasteiger partial charge in [-0.15, -0.1) is 0 Å². The Labute approximate surface area is 181 Å². The summed E-state index contributed by atoms with van der Waals surface area (Å²) >= 11 is 0. The Morgan fingerprint density at radius 2 is 1.78 bits per heavy atom. The summed E-state index contributed by atoms with van der Waals surface area (Å²) < 4.78 is 21.9. The van der Waals surface area contributed by atoms with Crippen molar-refractivity contribution in [3.05, 3.63) is 52.7 Å². The summed E-state index contributed by atoms with van der Waals surface area (Å²) in [6.45, 7) is -0.586. The van der Waals surface area contributed by atoms with Crippen molar-refractivity contribution in [1.29, 1.82) is 0 Å². The number of aromatic hydroxyl groups is 1. The van der Waals surface area contributed by atoms with E-state index in [1.807, 2.05) is 0 Å². The average molecular weight is 446 g/mol. The first-order valence-electron chi connectivity index (χ1n) is 9.75. The van der Waals surface area contributed by atoms with E-state index in [4.69, 9.17) is 18.6 Å². The normalized spacial score (nSPS) is 25.6. The van der Waals surface area contributed by atoms with Gasteiger partial charge in [0.15, 0.2) is 16.9 Å². The summed E-state index contributed by atoms with van der Waals surface area (Å²) in [7, 11) is 1.40. The van der Waals surface area contributed by atoms with E-state index in [2.05, 4.69) is 0 Å². The molecule has 4 rings (SSSR count). The summed E-state index contributed by atoms with van der Waals surface area (Å²) in [6, 6.07) is 10.2. The molecule has 2 aromatic carbocycles. The van der Waals surface area contributed by atoms with Gasteiger partial charge < -0.3 is 44.2 Å². The van der Waals surface area contributed by atoms with Crippen LogP contribution >= 0.6 is 0 Å². The molecule has 1 aromatic heterocycles. The lowest BCUT2D eigenvalue weighted by Gasteiger charge is -2.39. The van der Waals surface area contributed by atoms with E-state index in [0.717, 1.165) is 0 Å². The molecule has 0 amide bonds. The molecular formula is C22H22O10. The van der Waals surface area contributed by atoms with E-state index in [9.17, 15) is 30.3 Å². The molecular weight excluding hydrogens is 424 g/mol. The van der Waals surface area contributed by atoms with E-state index in [1.54, 1.807) is 6.07 Å². The van der Waals surface area contributed by atoms with Gasteiger partial charge in [-0.1, -0.05) is 0 Å². The van der Waals surface area contributed by atoms with E-state index >= 15 is 0 Å². The summed E-state index contributed by atoms with van der Waals surface area (Å²) in [6.07, 6.45) is -7.16. The van der Waals surface area contributed by atoms with Crippen LogP contribution in [0.2, 0.25) is 0 Å². The molecule has 0 aliphatic carbocycles. The van der Waals surface area contributed by atoms with Crippen LogP contribution in [0.4, 0.5) is 0 Å². The van der Waals surface area contributed by atoms with E-state index in [1.165, 1.54) is 43.5 Å². The zero-order chi connectivity index (χ0) is 23.0. The molecule has 1 aliphatic heterocycles. The largest absolute Gasteiger partial charge is 0.504 e. The number of hydrogen-bond acceptors (Lipinski definition) is 10. The summed E-state index contributed by atoms with van der Waals surface area (Å²) in [5, 5.41) is 49.3. The molecule has 170 valence electrons. The SMILES string of the molecule is COc1cc(-c2cc(=O)c3ccc(OC4OC(CO)C(O)C(O)C4O)cc3o2)ccc1O. The summed E-state index contributed by atoms with van der Waals surface area (Å²) in [5.41, 5.74) is 0.369. The maximum absolute atomic E-state index is 12.6. The Hall–Kier alpha value is -3.15. The van der Waals surface area contributed by atoms with Gasteiger partial charge in [-0.3, -0.25) is 4.79 Å². The smallest absolute Gasteiger partial charge is 0.229 e. The zero-order valence-corrected chi connectivity index (χ0v) is 16.9. The highest BCUT2D eigenvalue weighted by Crippen LogP contribution is 2.33. The standard InChI is InChI=1S/C22H22O10/c1-29-17-6-10(2-5-13(17)24)15-8-14(25)12-4-3-11(7-16(12)31-15)30-22-21(28)20(27)19(26)18(9-23)32-22/h2-8,18-24,26-28H,9H2,1H3. The number of methoxy groups -OCH3 is 1. The molecule has 10 heteroatoms.